The van der Waals surface area contributed by atoms with E-state index in [1.165, 1.54) is 0 Å². The maximum Gasteiger partial charge on any atom is 0.223 e. The molecule has 15 heavy (non-hydrogen) atoms. The second-order valence-corrected chi connectivity index (χ2v) is 3.64. The van der Waals surface area contributed by atoms with E-state index < -0.39 is 0 Å². The van der Waals surface area contributed by atoms with E-state index in [4.69, 9.17) is 5.73 Å². The molecule has 0 aliphatic rings. The average Bonchev–Trinajstić information content (AvgIpc) is 2.16. The van der Waals surface area contributed by atoms with Crippen molar-refractivity contribution in [2.75, 3.05) is 0 Å². The number of aromatic nitrogens is 1. The zero-order valence-electron chi connectivity index (χ0n) is 8.53. The third-order valence-corrected chi connectivity index (χ3v) is 2.26. The van der Waals surface area contributed by atoms with Gasteiger partial charge in [-0.1, -0.05) is 18.2 Å². The van der Waals surface area contributed by atoms with Crippen LogP contribution in [-0.2, 0) is 11.2 Å². The number of primary amides is 1. The molecule has 1 aromatic heterocycles. The molecule has 3 nitrogen and oxygen atoms in total. The summed E-state index contributed by atoms with van der Waals surface area (Å²) in [6.45, 7) is 2.02. The second-order valence-electron chi connectivity index (χ2n) is 3.64. The molecule has 2 N–H and O–H groups in total. The molecule has 2 rings (SSSR count). The molecular formula is C12H12N2O. The Kier molecular flexibility index (Phi) is 2.37. The summed E-state index contributed by atoms with van der Waals surface area (Å²) in [5.41, 5.74) is 7.91. The van der Waals surface area contributed by atoms with E-state index in [0.29, 0.717) is 0 Å². The fourth-order valence-electron chi connectivity index (χ4n) is 1.55. The molecule has 0 saturated carbocycles. The molecule has 1 amide bonds. The van der Waals surface area contributed by atoms with E-state index in [1.54, 1.807) is 0 Å². The minimum absolute atomic E-state index is 0.198. The number of carbonyl (C=O) groups excluding carboxylic acids is 1. The quantitative estimate of drug-likeness (QED) is 0.800. The van der Waals surface area contributed by atoms with Crippen LogP contribution in [0.25, 0.3) is 10.9 Å². The van der Waals surface area contributed by atoms with Gasteiger partial charge in [0.1, 0.15) is 0 Å². The fourth-order valence-corrected chi connectivity index (χ4v) is 1.55. The minimum atomic E-state index is -0.352. The number of carbonyl (C=O) groups is 1. The first-order valence-electron chi connectivity index (χ1n) is 4.80. The van der Waals surface area contributed by atoms with Gasteiger partial charge in [0, 0.05) is 5.39 Å². The summed E-state index contributed by atoms with van der Waals surface area (Å²) in [5, 5.41) is 1.08. The van der Waals surface area contributed by atoms with Gasteiger partial charge in [-0.15, -0.1) is 0 Å². The zero-order chi connectivity index (χ0) is 10.8. The summed E-state index contributed by atoms with van der Waals surface area (Å²) in [4.78, 5) is 15.1. The number of benzene rings is 1. The van der Waals surface area contributed by atoms with Crippen LogP contribution in [0.4, 0.5) is 0 Å². The molecule has 0 spiro atoms. The largest absolute Gasteiger partial charge is 0.369 e. The van der Waals surface area contributed by atoms with Crippen LogP contribution in [-0.4, -0.2) is 10.9 Å². The van der Waals surface area contributed by atoms with Gasteiger partial charge in [-0.25, -0.2) is 0 Å². The first-order valence-corrected chi connectivity index (χ1v) is 4.80. The Morgan fingerprint density at radius 2 is 2.07 bits per heavy atom. The first kappa shape index (κ1) is 9.65. The van der Waals surface area contributed by atoms with Crippen molar-refractivity contribution in [1.29, 1.82) is 0 Å². The minimum Gasteiger partial charge on any atom is -0.369 e. The molecule has 0 fully saturated rings. The molecule has 0 bridgehead atoms. The lowest BCUT2D eigenvalue weighted by Gasteiger charge is -2.01. The van der Waals surface area contributed by atoms with Crippen LogP contribution in [0.1, 0.15) is 11.3 Å². The molecule has 0 atom stereocenters. The van der Waals surface area contributed by atoms with Gasteiger partial charge in [0.05, 0.1) is 17.6 Å². The SMILES string of the molecule is Cc1ccc2ccc(CC(N)=O)nc2c1. The third-order valence-electron chi connectivity index (χ3n) is 2.26. The molecule has 76 valence electrons. The Morgan fingerprint density at radius 3 is 2.80 bits per heavy atom. The fraction of sp³-hybridized carbons (Fsp3) is 0.167. The van der Waals surface area contributed by atoms with Gasteiger partial charge in [0.25, 0.3) is 0 Å². The molecule has 0 radical (unpaired) electrons. The van der Waals surface area contributed by atoms with Crippen molar-refractivity contribution in [1.82, 2.24) is 4.98 Å². The maximum absolute atomic E-state index is 10.8. The van der Waals surface area contributed by atoms with Crippen LogP contribution in [0.15, 0.2) is 30.3 Å². The van der Waals surface area contributed by atoms with Gasteiger partial charge in [-0.2, -0.15) is 0 Å². The summed E-state index contributed by atoms with van der Waals surface area (Å²) >= 11 is 0. The standard InChI is InChI=1S/C12H12N2O/c1-8-2-3-9-4-5-10(7-12(13)15)14-11(9)6-8/h2-6H,7H2,1H3,(H2,13,15). The van der Waals surface area contributed by atoms with E-state index in [-0.39, 0.29) is 12.3 Å². The molecule has 1 aromatic carbocycles. The Balaban J connectivity index is 2.49. The van der Waals surface area contributed by atoms with Gasteiger partial charge in [-0.05, 0) is 24.6 Å². The molecule has 2 aromatic rings. The number of rotatable bonds is 2. The molecule has 0 unspecified atom stereocenters. The molecule has 0 saturated heterocycles. The van der Waals surface area contributed by atoms with Crippen molar-refractivity contribution >= 4 is 16.8 Å². The van der Waals surface area contributed by atoms with Crippen molar-refractivity contribution in [2.24, 2.45) is 5.73 Å². The summed E-state index contributed by atoms with van der Waals surface area (Å²) in [6, 6.07) is 9.85. The first-order chi connectivity index (χ1) is 7.15. The van der Waals surface area contributed by atoms with Crippen LogP contribution < -0.4 is 5.73 Å². The Morgan fingerprint density at radius 1 is 1.33 bits per heavy atom. The van der Waals surface area contributed by atoms with Gasteiger partial charge >= 0.3 is 0 Å². The van der Waals surface area contributed by atoms with Crippen molar-refractivity contribution in [2.45, 2.75) is 13.3 Å². The van der Waals surface area contributed by atoms with Crippen LogP contribution in [0.2, 0.25) is 0 Å². The molecule has 0 aliphatic heterocycles. The number of hydrogen-bond acceptors (Lipinski definition) is 2. The van der Waals surface area contributed by atoms with Gasteiger partial charge in [0.2, 0.25) is 5.91 Å². The summed E-state index contributed by atoms with van der Waals surface area (Å²) in [5.74, 6) is -0.352. The van der Waals surface area contributed by atoms with Crippen molar-refractivity contribution in [3.8, 4) is 0 Å². The van der Waals surface area contributed by atoms with E-state index in [1.807, 2.05) is 37.3 Å². The number of nitrogens with zero attached hydrogens (tertiary/aromatic N) is 1. The number of aryl methyl sites for hydroxylation is 1. The predicted octanol–water partition coefficient (Wildman–Crippen LogP) is 1.57. The number of fused-ring (bicyclic) bond motifs is 1. The lowest BCUT2D eigenvalue weighted by molar-refractivity contribution is -0.117. The number of amides is 1. The van der Waals surface area contributed by atoms with Crippen LogP contribution >= 0.6 is 0 Å². The van der Waals surface area contributed by atoms with Crippen molar-refractivity contribution in [3.63, 3.8) is 0 Å². The van der Waals surface area contributed by atoms with Gasteiger partial charge in [0.15, 0.2) is 0 Å². The van der Waals surface area contributed by atoms with E-state index in [0.717, 1.165) is 22.2 Å². The highest BCUT2D eigenvalue weighted by Crippen LogP contribution is 2.14. The highest BCUT2D eigenvalue weighted by molar-refractivity contribution is 5.81. The van der Waals surface area contributed by atoms with Crippen LogP contribution in [0.5, 0.6) is 0 Å². The van der Waals surface area contributed by atoms with E-state index in [2.05, 4.69) is 4.98 Å². The maximum atomic E-state index is 10.8. The molecule has 3 heteroatoms. The van der Waals surface area contributed by atoms with Gasteiger partial charge < -0.3 is 5.73 Å². The second kappa shape index (κ2) is 3.69. The Labute approximate surface area is 87.9 Å². The van der Waals surface area contributed by atoms with Crippen molar-refractivity contribution in [3.05, 3.63) is 41.6 Å². The number of nitrogens with two attached hydrogens (primary N) is 1. The highest BCUT2D eigenvalue weighted by Gasteiger charge is 2.01. The number of pyridine rings is 1. The average molecular weight is 200 g/mol. The third kappa shape index (κ3) is 2.13. The Hall–Kier alpha value is -1.90. The molecular weight excluding hydrogens is 188 g/mol. The zero-order valence-corrected chi connectivity index (χ0v) is 8.53. The summed E-state index contributed by atoms with van der Waals surface area (Å²) < 4.78 is 0. The summed E-state index contributed by atoms with van der Waals surface area (Å²) in [7, 11) is 0. The topological polar surface area (TPSA) is 56.0 Å². The number of hydrogen-bond donors (Lipinski definition) is 1. The van der Waals surface area contributed by atoms with Crippen LogP contribution in [0.3, 0.4) is 0 Å². The lowest BCUT2D eigenvalue weighted by Crippen LogP contribution is -2.14. The predicted molar refractivity (Wildman–Crippen MR) is 59.4 cm³/mol. The normalized spacial score (nSPS) is 10.5. The smallest absolute Gasteiger partial charge is 0.223 e. The van der Waals surface area contributed by atoms with Crippen LogP contribution in [0, 0.1) is 6.92 Å². The molecule has 1 heterocycles. The van der Waals surface area contributed by atoms with E-state index >= 15 is 0 Å². The van der Waals surface area contributed by atoms with Crippen molar-refractivity contribution < 1.29 is 4.79 Å². The van der Waals surface area contributed by atoms with Gasteiger partial charge in [-0.3, -0.25) is 9.78 Å². The lowest BCUT2D eigenvalue weighted by atomic mass is 10.1. The monoisotopic (exact) mass is 200 g/mol. The highest BCUT2D eigenvalue weighted by atomic mass is 16.1. The molecule has 0 aliphatic carbocycles. The summed E-state index contributed by atoms with van der Waals surface area (Å²) in [6.07, 6.45) is 0.198. The van der Waals surface area contributed by atoms with E-state index in [9.17, 15) is 4.79 Å². The Bertz CT molecular complexity index is 520.